The van der Waals surface area contributed by atoms with Crippen molar-refractivity contribution in [2.24, 2.45) is 0 Å². The Morgan fingerprint density at radius 1 is 1.54 bits per heavy atom. The van der Waals surface area contributed by atoms with Crippen molar-refractivity contribution >= 4 is 11.7 Å². The summed E-state index contributed by atoms with van der Waals surface area (Å²) in [6.45, 7) is 2.73. The van der Waals surface area contributed by atoms with E-state index in [2.05, 4.69) is 5.32 Å². The number of rotatable bonds is 4. The van der Waals surface area contributed by atoms with Crippen LogP contribution in [0.25, 0.3) is 0 Å². The van der Waals surface area contributed by atoms with Crippen LogP contribution >= 0.6 is 0 Å². The maximum Gasteiger partial charge on any atom is 0.227 e. The van der Waals surface area contributed by atoms with E-state index >= 15 is 0 Å². The first-order chi connectivity index (χ1) is 6.18. The van der Waals surface area contributed by atoms with Crippen LogP contribution in [0.2, 0.25) is 0 Å². The first-order valence-corrected chi connectivity index (χ1v) is 4.56. The lowest BCUT2D eigenvalue weighted by Gasteiger charge is -2.09. The summed E-state index contributed by atoms with van der Waals surface area (Å²) in [5.74, 6) is -0.312. The van der Waals surface area contributed by atoms with Gasteiger partial charge in [0.25, 0.3) is 0 Å². The molecule has 74 valence electrons. The van der Waals surface area contributed by atoms with Crippen molar-refractivity contribution < 1.29 is 14.3 Å². The van der Waals surface area contributed by atoms with Crippen LogP contribution in [0.3, 0.4) is 0 Å². The van der Waals surface area contributed by atoms with E-state index in [-0.39, 0.29) is 24.2 Å². The number of carbonyl (C=O) groups excluding carboxylic acids is 2. The van der Waals surface area contributed by atoms with Crippen molar-refractivity contribution in [3.8, 4) is 0 Å². The minimum Gasteiger partial charge on any atom is -0.376 e. The Kier molecular flexibility index (Phi) is 3.89. The van der Waals surface area contributed by atoms with Crippen LogP contribution < -0.4 is 5.32 Å². The first kappa shape index (κ1) is 10.2. The van der Waals surface area contributed by atoms with Crippen LogP contribution in [0.15, 0.2) is 0 Å². The molecular weight excluding hydrogens is 170 g/mol. The maximum atomic E-state index is 11.0. The fourth-order valence-corrected chi connectivity index (χ4v) is 1.32. The van der Waals surface area contributed by atoms with Gasteiger partial charge in [-0.1, -0.05) is 0 Å². The Bertz CT molecular complexity index is 197. The van der Waals surface area contributed by atoms with E-state index in [4.69, 9.17) is 4.74 Å². The van der Waals surface area contributed by atoms with Crippen LogP contribution in [0.4, 0.5) is 0 Å². The third-order valence-corrected chi connectivity index (χ3v) is 1.96. The van der Waals surface area contributed by atoms with Gasteiger partial charge in [-0.15, -0.1) is 0 Å². The molecule has 1 saturated heterocycles. The topological polar surface area (TPSA) is 55.4 Å². The molecular formula is C9H15NO3. The van der Waals surface area contributed by atoms with Crippen molar-refractivity contribution in [2.45, 2.75) is 32.3 Å². The molecule has 0 radical (unpaired) electrons. The third kappa shape index (κ3) is 4.03. The molecule has 1 rings (SSSR count). The van der Waals surface area contributed by atoms with E-state index < -0.39 is 0 Å². The molecule has 1 amide bonds. The van der Waals surface area contributed by atoms with Gasteiger partial charge < -0.3 is 10.1 Å². The normalized spacial score (nSPS) is 21.5. The number of nitrogens with one attached hydrogen (secondary N) is 1. The second-order valence-corrected chi connectivity index (χ2v) is 3.32. The van der Waals surface area contributed by atoms with Gasteiger partial charge in [0.1, 0.15) is 5.78 Å². The molecule has 1 heterocycles. The maximum absolute atomic E-state index is 11.0. The molecule has 1 aliphatic rings. The number of ketones is 1. The molecule has 0 aromatic rings. The van der Waals surface area contributed by atoms with Gasteiger partial charge in [-0.2, -0.15) is 0 Å². The lowest BCUT2D eigenvalue weighted by Crippen LogP contribution is -2.32. The molecule has 4 nitrogen and oxygen atoms in total. The van der Waals surface area contributed by atoms with Gasteiger partial charge >= 0.3 is 0 Å². The van der Waals surface area contributed by atoms with Gasteiger partial charge in [0, 0.05) is 13.2 Å². The molecule has 0 aliphatic carbocycles. The van der Waals surface area contributed by atoms with Crippen LogP contribution in [-0.2, 0) is 14.3 Å². The summed E-state index contributed by atoms with van der Waals surface area (Å²) in [6.07, 6.45) is 2.19. The van der Waals surface area contributed by atoms with Crippen LogP contribution in [0, 0.1) is 0 Å². The number of hydrogen-bond acceptors (Lipinski definition) is 3. The molecule has 0 aromatic carbocycles. The van der Waals surface area contributed by atoms with Gasteiger partial charge in [0.2, 0.25) is 5.91 Å². The molecule has 0 spiro atoms. The zero-order valence-corrected chi connectivity index (χ0v) is 7.84. The fraction of sp³-hybridized carbons (Fsp3) is 0.778. The van der Waals surface area contributed by atoms with Crippen molar-refractivity contribution in [2.75, 3.05) is 13.2 Å². The predicted molar refractivity (Wildman–Crippen MR) is 47.3 cm³/mol. The first-order valence-electron chi connectivity index (χ1n) is 4.56. The average Bonchev–Trinajstić information content (AvgIpc) is 2.51. The van der Waals surface area contributed by atoms with Gasteiger partial charge in [-0.3, -0.25) is 9.59 Å². The SMILES string of the molecule is CC(=O)CC(=O)NCC1CCCO1. The Morgan fingerprint density at radius 2 is 2.31 bits per heavy atom. The average molecular weight is 185 g/mol. The Hall–Kier alpha value is -0.900. The zero-order chi connectivity index (χ0) is 9.68. The van der Waals surface area contributed by atoms with E-state index in [9.17, 15) is 9.59 Å². The number of hydrogen-bond donors (Lipinski definition) is 1. The minimum absolute atomic E-state index is 0.0211. The van der Waals surface area contributed by atoms with Crippen LogP contribution in [-0.4, -0.2) is 30.9 Å². The monoisotopic (exact) mass is 185 g/mol. The summed E-state index contributed by atoms with van der Waals surface area (Å²) < 4.78 is 5.31. The molecule has 1 N–H and O–H groups in total. The summed E-state index contributed by atoms with van der Waals surface area (Å²) in [6, 6.07) is 0. The zero-order valence-electron chi connectivity index (χ0n) is 7.84. The van der Waals surface area contributed by atoms with E-state index in [1.165, 1.54) is 6.92 Å². The lowest BCUT2D eigenvalue weighted by molar-refractivity contribution is -0.127. The molecule has 0 aromatic heterocycles. The second kappa shape index (κ2) is 4.97. The Morgan fingerprint density at radius 3 is 2.85 bits per heavy atom. The van der Waals surface area contributed by atoms with Gasteiger partial charge in [0.15, 0.2) is 0 Å². The van der Waals surface area contributed by atoms with Crippen molar-refractivity contribution in [1.82, 2.24) is 5.32 Å². The highest BCUT2D eigenvalue weighted by molar-refractivity contribution is 5.96. The highest BCUT2D eigenvalue weighted by atomic mass is 16.5. The summed E-state index contributed by atoms with van der Waals surface area (Å²) in [4.78, 5) is 21.6. The largest absolute Gasteiger partial charge is 0.376 e. The molecule has 0 saturated carbocycles. The highest BCUT2D eigenvalue weighted by Gasteiger charge is 2.16. The molecule has 1 aliphatic heterocycles. The van der Waals surface area contributed by atoms with Gasteiger partial charge in [-0.05, 0) is 19.8 Å². The Labute approximate surface area is 77.6 Å². The van der Waals surface area contributed by atoms with Gasteiger partial charge in [0.05, 0.1) is 12.5 Å². The third-order valence-electron chi connectivity index (χ3n) is 1.96. The smallest absolute Gasteiger partial charge is 0.227 e. The minimum atomic E-state index is -0.206. The number of amides is 1. The number of carbonyl (C=O) groups is 2. The van der Waals surface area contributed by atoms with E-state index in [1.807, 2.05) is 0 Å². The van der Waals surface area contributed by atoms with E-state index in [0.29, 0.717) is 6.54 Å². The quantitative estimate of drug-likeness (QED) is 0.639. The number of ether oxygens (including phenoxy) is 1. The van der Waals surface area contributed by atoms with Crippen molar-refractivity contribution in [3.63, 3.8) is 0 Å². The van der Waals surface area contributed by atoms with Crippen molar-refractivity contribution in [1.29, 1.82) is 0 Å². The lowest BCUT2D eigenvalue weighted by atomic mass is 10.2. The molecule has 1 atom stereocenters. The number of Topliss-reactive ketones (excluding diaryl/α,β-unsaturated/α-hetero) is 1. The highest BCUT2D eigenvalue weighted by Crippen LogP contribution is 2.10. The summed E-state index contributed by atoms with van der Waals surface area (Å²) in [7, 11) is 0. The van der Waals surface area contributed by atoms with Crippen LogP contribution in [0.5, 0.6) is 0 Å². The molecule has 1 unspecified atom stereocenters. The predicted octanol–water partition coefficient (Wildman–Crippen LogP) is 0.261. The molecule has 0 bridgehead atoms. The Balaban J connectivity index is 2.10. The summed E-state index contributed by atoms with van der Waals surface area (Å²) in [5, 5.41) is 2.67. The molecule has 1 fully saturated rings. The fourth-order valence-electron chi connectivity index (χ4n) is 1.32. The summed E-state index contributed by atoms with van der Waals surface area (Å²) >= 11 is 0. The van der Waals surface area contributed by atoms with Gasteiger partial charge in [-0.25, -0.2) is 0 Å². The molecule has 4 heteroatoms. The van der Waals surface area contributed by atoms with Crippen LogP contribution in [0.1, 0.15) is 26.2 Å². The summed E-state index contributed by atoms with van der Waals surface area (Å²) in [5.41, 5.74) is 0. The molecule has 13 heavy (non-hydrogen) atoms. The van der Waals surface area contributed by atoms with E-state index in [0.717, 1.165) is 19.4 Å². The van der Waals surface area contributed by atoms with E-state index in [1.54, 1.807) is 0 Å². The second-order valence-electron chi connectivity index (χ2n) is 3.32. The standard InChI is InChI=1S/C9H15NO3/c1-7(11)5-9(12)10-6-8-3-2-4-13-8/h8H,2-6H2,1H3,(H,10,12). The van der Waals surface area contributed by atoms with Crippen molar-refractivity contribution in [3.05, 3.63) is 0 Å².